The Bertz CT molecular complexity index is 338. The van der Waals surface area contributed by atoms with Crippen LogP contribution in [0.4, 0.5) is 0 Å². The van der Waals surface area contributed by atoms with Crippen LogP contribution in [-0.2, 0) is 9.53 Å². The second-order valence-electron chi connectivity index (χ2n) is 6.44. The third-order valence-electron chi connectivity index (χ3n) is 5.01. The predicted molar refractivity (Wildman–Crippen MR) is 77.6 cm³/mol. The van der Waals surface area contributed by atoms with Gasteiger partial charge in [-0.2, -0.15) is 0 Å². The highest BCUT2D eigenvalue weighted by molar-refractivity contribution is 5.82. The summed E-state index contributed by atoms with van der Waals surface area (Å²) in [5, 5.41) is 3.38. The summed E-state index contributed by atoms with van der Waals surface area (Å²) in [5.41, 5.74) is 0. The molecule has 0 aliphatic carbocycles. The minimum Gasteiger partial charge on any atom is -0.379 e. The lowest BCUT2D eigenvalue weighted by atomic mass is 10.0. The number of morpholine rings is 1. The normalized spacial score (nSPS) is 36.2. The van der Waals surface area contributed by atoms with E-state index in [2.05, 4.69) is 22.0 Å². The Morgan fingerprint density at radius 1 is 1.20 bits per heavy atom. The summed E-state index contributed by atoms with van der Waals surface area (Å²) in [6.07, 6.45) is 3.39. The molecule has 2 unspecified atom stereocenters. The van der Waals surface area contributed by atoms with Crippen molar-refractivity contribution in [1.82, 2.24) is 15.1 Å². The van der Waals surface area contributed by atoms with Gasteiger partial charge in [0.25, 0.3) is 0 Å². The van der Waals surface area contributed by atoms with E-state index in [1.165, 1.54) is 12.8 Å². The molecule has 3 heterocycles. The van der Waals surface area contributed by atoms with Gasteiger partial charge >= 0.3 is 0 Å². The summed E-state index contributed by atoms with van der Waals surface area (Å²) in [6.45, 7) is 8.78. The maximum atomic E-state index is 12.6. The first-order valence-corrected chi connectivity index (χ1v) is 8.09. The Kier molecular flexibility index (Phi) is 4.58. The first-order valence-electron chi connectivity index (χ1n) is 8.09. The smallest absolute Gasteiger partial charge is 0.239 e. The van der Waals surface area contributed by atoms with Crippen molar-refractivity contribution < 1.29 is 9.53 Å². The number of rotatable bonds is 2. The SMILES string of the molecule is CC1CN(C(=O)[C@H]2CCCCN2)CC1N1CCOCC1. The summed E-state index contributed by atoms with van der Waals surface area (Å²) in [5.74, 6) is 0.896. The van der Waals surface area contributed by atoms with E-state index in [9.17, 15) is 4.79 Å². The van der Waals surface area contributed by atoms with Gasteiger partial charge in [0, 0.05) is 32.2 Å². The quantitative estimate of drug-likeness (QED) is 0.791. The average molecular weight is 281 g/mol. The van der Waals surface area contributed by atoms with Gasteiger partial charge < -0.3 is 15.0 Å². The molecule has 20 heavy (non-hydrogen) atoms. The molecular formula is C15H27N3O2. The van der Waals surface area contributed by atoms with Gasteiger partial charge in [-0.1, -0.05) is 13.3 Å². The van der Waals surface area contributed by atoms with Crippen LogP contribution < -0.4 is 5.32 Å². The molecule has 3 saturated heterocycles. The maximum absolute atomic E-state index is 12.6. The standard InChI is InChI=1S/C15H27N3O2/c1-12-10-18(15(19)13-4-2-3-5-16-13)11-14(12)17-6-8-20-9-7-17/h12-14,16H,2-11H2,1H3/t12?,13-,14?/m1/s1. The van der Waals surface area contributed by atoms with Crippen molar-refractivity contribution in [3.05, 3.63) is 0 Å². The first-order chi connectivity index (χ1) is 9.75. The van der Waals surface area contributed by atoms with Crippen molar-refractivity contribution in [3.8, 4) is 0 Å². The van der Waals surface area contributed by atoms with Gasteiger partial charge in [0.05, 0.1) is 19.3 Å². The molecule has 3 aliphatic heterocycles. The second kappa shape index (κ2) is 6.41. The van der Waals surface area contributed by atoms with Gasteiger partial charge in [0.2, 0.25) is 5.91 Å². The van der Waals surface area contributed by atoms with E-state index < -0.39 is 0 Å². The molecule has 0 aromatic rings. The minimum absolute atomic E-state index is 0.0689. The number of nitrogens with zero attached hydrogens (tertiary/aromatic N) is 2. The van der Waals surface area contributed by atoms with E-state index in [1.54, 1.807) is 0 Å². The molecule has 0 bridgehead atoms. The number of carbonyl (C=O) groups excluding carboxylic acids is 1. The summed E-state index contributed by atoms with van der Waals surface area (Å²) in [6, 6.07) is 0.589. The van der Waals surface area contributed by atoms with Crippen molar-refractivity contribution in [1.29, 1.82) is 0 Å². The Morgan fingerprint density at radius 3 is 2.70 bits per heavy atom. The van der Waals surface area contributed by atoms with Crippen LogP contribution in [0.5, 0.6) is 0 Å². The third-order valence-corrected chi connectivity index (χ3v) is 5.01. The molecule has 5 nitrogen and oxygen atoms in total. The number of amides is 1. The average Bonchev–Trinajstić information content (AvgIpc) is 2.90. The highest BCUT2D eigenvalue weighted by atomic mass is 16.5. The van der Waals surface area contributed by atoms with Gasteiger partial charge in [-0.15, -0.1) is 0 Å². The zero-order valence-electron chi connectivity index (χ0n) is 12.5. The number of hydrogen-bond acceptors (Lipinski definition) is 4. The van der Waals surface area contributed by atoms with Gasteiger partial charge in [-0.3, -0.25) is 9.69 Å². The molecule has 3 aliphatic rings. The topological polar surface area (TPSA) is 44.8 Å². The van der Waals surface area contributed by atoms with E-state index >= 15 is 0 Å². The van der Waals surface area contributed by atoms with E-state index in [0.717, 1.165) is 52.4 Å². The first kappa shape index (κ1) is 14.3. The summed E-state index contributed by atoms with van der Waals surface area (Å²) < 4.78 is 5.43. The fourth-order valence-corrected chi connectivity index (χ4v) is 3.80. The van der Waals surface area contributed by atoms with E-state index in [4.69, 9.17) is 4.74 Å². The number of nitrogens with one attached hydrogen (secondary N) is 1. The molecule has 3 fully saturated rings. The molecule has 1 N–H and O–H groups in total. The van der Waals surface area contributed by atoms with Crippen LogP contribution in [0.15, 0.2) is 0 Å². The Balaban J connectivity index is 1.57. The Hall–Kier alpha value is -0.650. The van der Waals surface area contributed by atoms with Crippen molar-refractivity contribution in [2.45, 2.75) is 38.3 Å². The molecule has 114 valence electrons. The fraction of sp³-hybridized carbons (Fsp3) is 0.933. The summed E-state index contributed by atoms with van der Waals surface area (Å²) in [4.78, 5) is 17.2. The number of likely N-dealkylation sites (tertiary alicyclic amines) is 1. The van der Waals surface area contributed by atoms with E-state index in [1.807, 2.05) is 0 Å². The predicted octanol–water partition coefficient (Wildman–Crippen LogP) is 0.308. The third kappa shape index (κ3) is 3.00. The van der Waals surface area contributed by atoms with Gasteiger partial charge in [-0.25, -0.2) is 0 Å². The Labute approximate surface area is 121 Å². The molecule has 1 amide bonds. The zero-order chi connectivity index (χ0) is 13.9. The molecule has 0 aromatic carbocycles. The highest BCUT2D eigenvalue weighted by Crippen LogP contribution is 2.24. The minimum atomic E-state index is 0.0689. The largest absolute Gasteiger partial charge is 0.379 e. The molecule has 3 rings (SSSR count). The van der Waals surface area contributed by atoms with Crippen LogP contribution in [0.3, 0.4) is 0 Å². The molecule has 5 heteroatoms. The van der Waals surface area contributed by atoms with Gasteiger partial charge in [-0.05, 0) is 25.3 Å². The maximum Gasteiger partial charge on any atom is 0.239 e. The highest BCUT2D eigenvalue weighted by Gasteiger charge is 2.38. The van der Waals surface area contributed by atoms with Crippen LogP contribution in [0.2, 0.25) is 0 Å². The van der Waals surface area contributed by atoms with Crippen molar-refractivity contribution >= 4 is 5.91 Å². The van der Waals surface area contributed by atoms with E-state index in [-0.39, 0.29) is 6.04 Å². The molecule has 0 radical (unpaired) electrons. The molecular weight excluding hydrogens is 254 g/mol. The monoisotopic (exact) mass is 281 g/mol. The second-order valence-corrected chi connectivity index (χ2v) is 6.44. The fourth-order valence-electron chi connectivity index (χ4n) is 3.80. The lowest BCUT2D eigenvalue weighted by Crippen LogP contribution is -2.50. The lowest BCUT2D eigenvalue weighted by Gasteiger charge is -2.34. The number of ether oxygens (including phenoxy) is 1. The number of piperidine rings is 1. The van der Waals surface area contributed by atoms with Crippen molar-refractivity contribution in [2.24, 2.45) is 5.92 Å². The van der Waals surface area contributed by atoms with Crippen LogP contribution >= 0.6 is 0 Å². The zero-order valence-corrected chi connectivity index (χ0v) is 12.5. The van der Waals surface area contributed by atoms with Crippen LogP contribution in [0, 0.1) is 5.92 Å². The summed E-state index contributed by atoms with van der Waals surface area (Å²) in [7, 11) is 0. The summed E-state index contributed by atoms with van der Waals surface area (Å²) >= 11 is 0. The lowest BCUT2D eigenvalue weighted by molar-refractivity contribution is -0.133. The Morgan fingerprint density at radius 2 is 2.00 bits per heavy atom. The number of carbonyl (C=O) groups is 1. The molecule has 0 aromatic heterocycles. The molecule has 0 saturated carbocycles. The van der Waals surface area contributed by atoms with Crippen molar-refractivity contribution in [3.63, 3.8) is 0 Å². The van der Waals surface area contributed by atoms with Crippen LogP contribution in [0.1, 0.15) is 26.2 Å². The van der Waals surface area contributed by atoms with Gasteiger partial charge in [0.15, 0.2) is 0 Å². The molecule has 3 atom stereocenters. The van der Waals surface area contributed by atoms with Crippen LogP contribution in [0.25, 0.3) is 0 Å². The number of hydrogen-bond donors (Lipinski definition) is 1. The van der Waals surface area contributed by atoms with Crippen molar-refractivity contribution in [2.75, 3.05) is 45.9 Å². The van der Waals surface area contributed by atoms with E-state index in [0.29, 0.717) is 17.9 Å². The molecule has 0 spiro atoms. The van der Waals surface area contributed by atoms with Gasteiger partial charge in [0.1, 0.15) is 0 Å². The van der Waals surface area contributed by atoms with Crippen LogP contribution in [-0.4, -0.2) is 73.7 Å².